The molecule has 1 aliphatic heterocycles. The third-order valence-electron chi connectivity index (χ3n) is 3.31. The summed E-state index contributed by atoms with van der Waals surface area (Å²) >= 11 is 5.79. The van der Waals surface area contributed by atoms with Gasteiger partial charge in [-0.15, -0.1) is 0 Å². The molecule has 7 heteroatoms. The van der Waals surface area contributed by atoms with Crippen LogP contribution in [0.5, 0.6) is 0 Å². The van der Waals surface area contributed by atoms with Crippen molar-refractivity contribution < 1.29 is 14.5 Å². The second-order valence-electron chi connectivity index (χ2n) is 4.83. The molecule has 0 atom stereocenters. The topological polar surface area (TPSA) is 72.7 Å². The Morgan fingerprint density at radius 3 is 2.70 bits per heavy atom. The molecule has 0 saturated carbocycles. The first-order valence-corrected chi connectivity index (χ1v) is 6.68. The Morgan fingerprint density at radius 1 is 1.45 bits per heavy atom. The van der Waals surface area contributed by atoms with Crippen LogP contribution in [0.25, 0.3) is 0 Å². The maximum atomic E-state index is 12.1. The molecule has 20 heavy (non-hydrogen) atoms. The Hall–Kier alpha value is -1.66. The van der Waals surface area contributed by atoms with Gasteiger partial charge in [-0.2, -0.15) is 0 Å². The quantitative estimate of drug-likeness (QED) is 0.487. The zero-order valence-electron chi connectivity index (χ0n) is 11.0. The van der Waals surface area contributed by atoms with Crippen LogP contribution in [-0.4, -0.2) is 42.0 Å². The zero-order valence-corrected chi connectivity index (χ0v) is 11.8. The summed E-state index contributed by atoms with van der Waals surface area (Å²) in [4.78, 5) is 24.5. The smallest absolute Gasteiger partial charge is 0.345 e. The van der Waals surface area contributed by atoms with Gasteiger partial charge >= 0.3 is 5.97 Å². The first kappa shape index (κ1) is 14.7. The molecule has 6 nitrogen and oxygen atoms in total. The maximum absolute atomic E-state index is 12.1. The van der Waals surface area contributed by atoms with Gasteiger partial charge in [0.05, 0.1) is 4.92 Å². The van der Waals surface area contributed by atoms with Crippen LogP contribution in [0.2, 0.25) is 5.02 Å². The minimum absolute atomic E-state index is 0.0959. The van der Waals surface area contributed by atoms with Gasteiger partial charge in [0, 0.05) is 24.2 Å². The van der Waals surface area contributed by atoms with Gasteiger partial charge in [0.1, 0.15) is 11.7 Å². The Labute approximate surface area is 121 Å². The summed E-state index contributed by atoms with van der Waals surface area (Å²) in [5.41, 5.74) is -0.381. The van der Waals surface area contributed by atoms with Gasteiger partial charge in [-0.05, 0) is 32.0 Å². The number of carbonyl (C=O) groups excluding carboxylic acids is 1. The Kier molecular flexibility index (Phi) is 4.57. The number of hydrogen-bond acceptors (Lipinski definition) is 5. The lowest BCUT2D eigenvalue weighted by molar-refractivity contribution is -0.385. The molecule has 0 unspecified atom stereocenters. The molecule has 1 fully saturated rings. The largest absolute Gasteiger partial charge is 0.458 e. The van der Waals surface area contributed by atoms with Gasteiger partial charge in [-0.25, -0.2) is 4.79 Å². The Morgan fingerprint density at radius 2 is 2.10 bits per heavy atom. The van der Waals surface area contributed by atoms with Crippen molar-refractivity contribution in [3.8, 4) is 0 Å². The summed E-state index contributed by atoms with van der Waals surface area (Å²) < 4.78 is 5.34. The van der Waals surface area contributed by atoms with Crippen molar-refractivity contribution in [2.45, 2.75) is 18.9 Å². The molecule has 0 aromatic heterocycles. The lowest BCUT2D eigenvalue weighted by Gasteiger charge is -2.28. The van der Waals surface area contributed by atoms with Crippen molar-refractivity contribution >= 4 is 23.3 Å². The average Bonchev–Trinajstić information content (AvgIpc) is 2.41. The number of nitro groups is 1. The number of ether oxygens (including phenoxy) is 1. The number of likely N-dealkylation sites (tertiary alicyclic amines) is 1. The van der Waals surface area contributed by atoms with Crippen molar-refractivity contribution in [1.82, 2.24) is 4.90 Å². The first-order chi connectivity index (χ1) is 9.47. The third-order valence-corrected chi connectivity index (χ3v) is 3.55. The van der Waals surface area contributed by atoms with E-state index in [0.29, 0.717) is 0 Å². The van der Waals surface area contributed by atoms with Gasteiger partial charge in [-0.1, -0.05) is 11.6 Å². The molecule has 1 heterocycles. The fourth-order valence-electron chi connectivity index (χ4n) is 2.15. The number of carbonyl (C=O) groups is 1. The van der Waals surface area contributed by atoms with Gasteiger partial charge < -0.3 is 9.64 Å². The fourth-order valence-corrected chi connectivity index (χ4v) is 2.32. The second-order valence-corrected chi connectivity index (χ2v) is 5.26. The van der Waals surface area contributed by atoms with Crippen molar-refractivity contribution in [3.05, 3.63) is 38.9 Å². The van der Waals surface area contributed by atoms with E-state index in [0.717, 1.165) is 25.9 Å². The van der Waals surface area contributed by atoms with Crippen LogP contribution in [0.3, 0.4) is 0 Å². The monoisotopic (exact) mass is 298 g/mol. The van der Waals surface area contributed by atoms with E-state index >= 15 is 0 Å². The van der Waals surface area contributed by atoms with E-state index in [2.05, 4.69) is 4.90 Å². The molecular formula is C13H15ClN2O4. The maximum Gasteiger partial charge on any atom is 0.345 e. The summed E-state index contributed by atoms with van der Waals surface area (Å²) in [7, 11) is 2.00. The fraction of sp³-hybridized carbons (Fsp3) is 0.462. The molecule has 2 rings (SSSR count). The molecule has 0 amide bonds. The Balaban J connectivity index is 2.12. The minimum Gasteiger partial charge on any atom is -0.458 e. The summed E-state index contributed by atoms with van der Waals surface area (Å²) in [6, 6.07) is 3.87. The molecule has 1 saturated heterocycles. The zero-order chi connectivity index (χ0) is 14.7. The number of hydrogen-bond donors (Lipinski definition) is 0. The molecule has 0 N–H and O–H groups in total. The van der Waals surface area contributed by atoms with E-state index in [1.165, 1.54) is 18.2 Å². The van der Waals surface area contributed by atoms with Gasteiger partial charge in [0.15, 0.2) is 0 Å². The van der Waals surface area contributed by atoms with E-state index in [4.69, 9.17) is 16.3 Å². The predicted octanol–water partition coefficient (Wildman–Crippen LogP) is 2.50. The molecule has 1 aliphatic rings. The van der Waals surface area contributed by atoms with Crippen molar-refractivity contribution in [2.24, 2.45) is 0 Å². The van der Waals surface area contributed by atoms with Crippen LogP contribution in [0.1, 0.15) is 23.2 Å². The third kappa shape index (κ3) is 3.46. The first-order valence-electron chi connectivity index (χ1n) is 6.31. The highest BCUT2D eigenvalue weighted by atomic mass is 35.5. The number of nitro benzene ring substituents is 1. The Bertz CT molecular complexity index is 527. The minimum atomic E-state index is -0.686. The lowest BCUT2D eigenvalue weighted by atomic mass is 10.1. The molecule has 1 aromatic carbocycles. The van der Waals surface area contributed by atoms with Crippen molar-refractivity contribution in [3.63, 3.8) is 0 Å². The molecule has 0 spiro atoms. The summed E-state index contributed by atoms with van der Waals surface area (Å²) in [5, 5.41) is 11.2. The van der Waals surface area contributed by atoms with Gasteiger partial charge in [0.25, 0.3) is 5.69 Å². The average molecular weight is 299 g/mol. The standard InChI is InChI=1S/C13H15ClN2O4/c1-15-6-4-10(5-7-15)20-13(17)11-8-9(14)2-3-12(11)16(18)19/h2-3,8,10H,4-7H2,1H3. The summed E-state index contributed by atoms with van der Waals surface area (Å²) in [5.74, 6) is -0.686. The van der Waals surface area contributed by atoms with Crippen molar-refractivity contribution in [1.29, 1.82) is 0 Å². The molecule has 0 bridgehead atoms. The summed E-state index contributed by atoms with van der Waals surface area (Å²) in [6.45, 7) is 1.69. The van der Waals surface area contributed by atoms with E-state index in [-0.39, 0.29) is 22.4 Å². The number of halogens is 1. The van der Waals surface area contributed by atoms with Crippen LogP contribution < -0.4 is 0 Å². The van der Waals surface area contributed by atoms with E-state index in [9.17, 15) is 14.9 Å². The number of esters is 1. The number of rotatable bonds is 3. The van der Waals surface area contributed by atoms with Crippen LogP contribution in [0, 0.1) is 10.1 Å². The van der Waals surface area contributed by atoms with Crippen molar-refractivity contribution in [2.75, 3.05) is 20.1 Å². The highest BCUT2D eigenvalue weighted by molar-refractivity contribution is 6.31. The van der Waals surface area contributed by atoms with Crippen LogP contribution >= 0.6 is 11.6 Å². The molecule has 0 radical (unpaired) electrons. The number of piperidine rings is 1. The SMILES string of the molecule is CN1CCC(OC(=O)c2cc(Cl)ccc2[N+](=O)[O-])CC1. The van der Waals surface area contributed by atoms with Gasteiger partial charge in [-0.3, -0.25) is 10.1 Å². The molecule has 0 aliphatic carbocycles. The number of nitrogens with zero attached hydrogens (tertiary/aromatic N) is 2. The van der Waals surface area contributed by atoms with Crippen LogP contribution in [-0.2, 0) is 4.74 Å². The van der Waals surface area contributed by atoms with E-state index < -0.39 is 10.9 Å². The summed E-state index contributed by atoms with van der Waals surface area (Å²) in [6.07, 6.45) is 1.27. The highest BCUT2D eigenvalue weighted by Gasteiger charge is 2.26. The molecule has 108 valence electrons. The normalized spacial score (nSPS) is 16.9. The van der Waals surface area contributed by atoms with E-state index in [1.54, 1.807) is 0 Å². The van der Waals surface area contributed by atoms with Gasteiger partial charge in [0.2, 0.25) is 0 Å². The van der Waals surface area contributed by atoms with Crippen LogP contribution in [0.4, 0.5) is 5.69 Å². The van der Waals surface area contributed by atoms with E-state index in [1.807, 2.05) is 7.05 Å². The second kappa shape index (κ2) is 6.19. The van der Waals surface area contributed by atoms with Crippen LogP contribution in [0.15, 0.2) is 18.2 Å². The lowest BCUT2D eigenvalue weighted by Crippen LogP contribution is -2.35. The highest BCUT2D eigenvalue weighted by Crippen LogP contribution is 2.25. The predicted molar refractivity (Wildman–Crippen MR) is 74.0 cm³/mol. The molecular weight excluding hydrogens is 284 g/mol. The number of benzene rings is 1. The molecule has 1 aromatic rings.